The standard InChI is InChI=1S/C17H26F3N3O/c1-12-5-7-23(8-6-12)10-13-3-4-14(13)11-24-16-9-15(17(18,19)20)22(2)21-16/h9,12-14H,3-8,10-11H2,1-2H3. The van der Waals surface area contributed by atoms with E-state index >= 15 is 0 Å². The van der Waals surface area contributed by atoms with Crippen molar-refractivity contribution in [2.75, 3.05) is 26.2 Å². The summed E-state index contributed by atoms with van der Waals surface area (Å²) >= 11 is 0. The Labute approximate surface area is 141 Å². The van der Waals surface area contributed by atoms with E-state index in [2.05, 4.69) is 16.9 Å². The van der Waals surface area contributed by atoms with E-state index in [1.165, 1.54) is 39.4 Å². The molecule has 1 saturated carbocycles. The third-order valence-corrected chi connectivity index (χ3v) is 5.54. The van der Waals surface area contributed by atoms with Crippen LogP contribution in [0.1, 0.15) is 38.3 Å². The van der Waals surface area contributed by atoms with Gasteiger partial charge in [-0.2, -0.15) is 13.2 Å². The van der Waals surface area contributed by atoms with E-state index in [1.54, 1.807) is 0 Å². The SMILES string of the molecule is CC1CCN(CC2CCC2COc2cc(C(F)(F)F)n(C)n2)CC1. The predicted octanol–water partition coefficient (Wildman–Crippen LogP) is 3.58. The Morgan fingerprint density at radius 3 is 2.38 bits per heavy atom. The van der Waals surface area contributed by atoms with Crippen molar-refractivity contribution in [3.63, 3.8) is 0 Å². The quantitative estimate of drug-likeness (QED) is 0.817. The van der Waals surface area contributed by atoms with Gasteiger partial charge in [0.2, 0.25) is 5.88 Å². The maximum Gasteiger partial charge on any atom is 0.433 e. The zero-order chi connectivity index (χ0) is 17.3. The summed E-state index contributed by atoms with van der Waals surface area (Å²) in [5, 5.41) is 3.82. The van der Waals surface area contributed by atoms with Gasteiger partial charge < -0.3 is 9.64 Å². The van der Waals surface area contributed by atoms with Crippen LogP contribution in [0.2, 0.25) is 0 Å². The summed E-state index contributed by atoms with van der Waals surface area (Å²) in [6, 6.07) is 0.986. The summed E-state index contributed by atoms with van der Waals surface area (Å²) in [5.74, 6) is 1.93. The molecular formula is C17H26F3N3O. The summed E-state index contributed by atoms with van der Waals surface area (Å²) in [5.41, 5.74) is -0.773. The van der Waals surface area contributed by atoms with Gasteiger partial charge >= 0.3 is 6.18 Å². The summed E-state index contributed by atoms with van der Waals surface area (Å²) in [4.78, 5) is 2.53. The molecule has 0 radical (unpaired) electrons. The average molecular weight is 345 g/mol. The van der Waals surface area contributed by atoms with E-state index in [1.807, 2.05) is 0 Å². The average Bonchev–Trinajstić information content (AvgIpc) is 2.87. The van der Waals surface area contributed by atoms with Crippen molar-refractivity contribution in [1.29, 1.82) is 0 Å². The maximum atomic E-state index is 12.8. The number of nitrogens with zero attached hydrogens (tertiary/aromatic N) is 3. The normalized spacial score (nSPS) is 26.4. The number of likely N-dealkylation sites (tertiary alicyclic amines) is 1. The molecule has 2 unspecified atom stereocenters. The summed E-state index contributed by atoms with van der Waals surface area (Å²) in [6.45, 7) is 6.19. The van der Waals surface area contributed by atoms with Gasteiger partial charge in [-0.3, -0.25) is 4.68 Å². The second kappa shape index (κ2) is 6.94. The second-order valence-electron chi connectivity index (χ2n) is 7.38. The lowest BCUT2D eigenvalue weighted by atomic mass is 9.73. The molecule has 1 aromatic heterocycles. The zero-order valence-corrected chi connectivity index (χ0v) is 14.4. The molecule has 0 bridgehead atoms. The summed E-state index contributed by atoms with van der Waals surface area (Å²) in [7, 11) is 1.29. The molecule has 2 heterocycles. The molecule has 2 fully saturated rings. The fourth-order valence-corrected chi connectivity index (χ4v) is 3.64. The van der Waals surface area contributed by atoms with Crippen molar-refractivity contribution < 1.29 is 17.9 Å². The highest BCUT2D eigenvalue weighted by Gasteiger charge is 2.36. The Bertz CT molecular complexity index is 550. The fraction of sp³-hybridized carbons (Fsp3) is 0.824. The third kappa shape index (κ3) is 4.05. The van der Waals surface area contributed by atoms with E-state index in [0.29, 0.717) is 18.4 Å². The van der Waals surface area contributed by atoms with Gasteiger partial charge in [0.1, 0.15) is 5.69 Å². The number of hydrogen-bond acceptors (Lipinski definition) is 3. The number of rotatable bonds is 5. The van der Waals surface area contributed by atoms with Crippen molar-refractivity contribution in [1.82, 2.24) is 14.7 Å². The van der Waals surface area contributed by atoms with Crippen LogP contribution in [0.25, 0.3) is 0 Å². The Hall–Kier alpha value is -1.24. The fourth-order valence-electron chi connectivity index (χ4n) is 3.64. The number of aromatic nitrogens is 2. The van der Waals surface area contributed by atoms with Crippen LogP contribution in [-0.4, -0.2) is 40.9 Å². The minimum Gasteiger partial charge on any atom is -0.476 e. The van der Waals surface area contributed by atoms with Crippen LogP contribution in [0.15, 0.2) is 6.07 Å². The number of alkyl halides is 3. The first kappa shape index (κ1) is 17.6. The number of hydrogen-bond donors (Lipinski definition) is 0. The van der Waals surface area contributed by atoms with Gasteiger partial charge in [0.05, 0.1) is 6.61 Å². The lowest BCUT2D eigenvalue weighted by Crippen LogP contribution is -2.43. The Morgan fingerprint density at radius 2 is 1.83 bits per heavy atom. The first-order chi connectivity index (χ1) is 11.3. The minimum absolute atomic E-state index is 0.0715. The Morgan fingerprint density at radius 1 is 1.17 bits per heavy atom. The monoisotopic (exact) mass is 345 g/mol. The lowest BCUT2D eigenvalue weighted by Gasteiger charge is -2.41. The molecule has 24 heavy (non-hydrogen) atoms. The van der Waals surface area contributed by atoms with Crippen molar-refractivity contribution in [3.8, 4) is 5.88 Å². The van der Waals surface area contributed by atoms with Gasteiger partial charge in [0, 0.05) is 19.7 Å². The van der Waals surface area contributed by atoms with Crippen LogP contribution in [0.4, 0.5) is 13.2 Å². The molecule has 1 aliphatic heterocycles. The second-order valence-corrected chi connectivity index (χ2v) is 7.38. The van der Waals surface area contributed by atoms with Crippen LogP contribution in [-0.2, 0) is 13.2 Å². The van der Waals surface area contributed by atoms with Crippen molar-refractivity contribution >= 4 is 0 Å². The third-order valence-electron chi connectivity index (χ3n) is 5.54. The molecule has 0 amide bonds. The van der Waals surface area contributed by atoms with Gasteiger partial charge in [-0.15, -0.1) is 5.10 Å². The maximum absolute atomic E-state index is 12.8. The van der Waals surface area contributed by atoms with Gasteiger partial charge in [-0.25, -0.2) is 0 Å². The molecule has 1 aromatic rings. The number of aryl methyl sites for hydroxylation is 1. The number of piperidine rings is 1. The highest BCUT2D eigenvalue weighted by Crippen LogP contribution is 2.36. The Kier molecular flexibility index (Phi) is 5.08. The molecule has 3 rings (SSSR count). The van der Waals surface area contributed by atoms with Crippen LogP contribution in [0.5, 0.6) is 5.88 Å². The highest BCUT2D eigenvalue weighted by molar-refractivity contribution is 5.18. The van der Waals surface area contributed by atoms with Gasteiger partial charge in [-0.05, 0) is 56.5 Å². The van der Waals surface area contributed by atoms with Gasteiger partial charge in [0.15, 0.2) is 0 Å². The Balaban J connectivity index is 1.47. The van der Waals surface area contributed by atoms with Crippen molar-refractivity contribution in [2.24, 2.45) is 24.8 Å². The van der Waals surface area contributed by atoms with E-state index in [0.717, 1.165) is 29.6 Å². The molecule has 4 nitrogen and oxygen atoms in total. The summed E-state index contributed by atoms with van der Waals surface area (Å²) < 4.78 is 44.7. The van der Waals surface area contributed by atoms with Crippen LogP contribution in [0, 0.1) is 17.8 Å². The smallest absolute Gasteiger partial charge is 0.433 e. The topological polar surface area (TPSA) is 30.3 Å². The first-order valence-corrected chi connectivity index (χ1v) is 8.79. The van der Waals surface area contributed by atoms with Crippen LogP contribution in [0.3, 0.4) is 0 Å². The van der Waals surface area contributed by atoms with Crippen LogP contribution < -0.4 is 4.74 Å². The molecule has 1 saturated heterocycles. The first-order valence-electron chi connectivity index (χ1n) is 8.79. The van der Waals surface area contributed by atoms with E-state index < -0.39 is 11.9 Å². The summed E-state index contributed by atoms with van der Waals surface area (Å²) in [6.07, 6.45) is 0.418. The van der Waals surface area contributed by atoms with E-state index in [9.17, 15) is 13.2 Å². The highest BCUT2D eigenvalue weighted by atomic mass is 19.4. The van der Waals surface area contributed by atoms with Crippen molar-refractivity contribution in [2.45, 2.75) is 38.8 Å². The molecule has 0 aromatic carbocycles. The molecule has 1 aliphatic carbocycles. The molecular weight excluding hydrogens is 319 g/mol. The lowest BCUT2D eigenvalue weighted by molar-refractivity contribution is -0.143. The molecule has 0 spiro atoms. The predicted molar refractivity (Wildman–Crippen MR) is 84.8 cm³/mol. The zero-order valence-electron chi connectivity index (χ0n) is 14.4. The van der Waals surface area contributed by atoms with E-state index in [4.69, 9.17) is 4.74 Å². The molecule has 2 aliphatic rings. The van der Waals surface area contributed by atoms with Gasteiger partial charge in [0.25, 0.3) is 0 Å². The molecule has 0 N–H and O–H groups in total. The minimum atomic E-state index is -4.40. The molecule has 2 atom stereocenters. The van der Waals surface area contributed by atoms with E-state index in [-0.39, 0.29) is 5.88 Å². The number of ether oxygens (including phenoxy) is 1. The van der Waals surface area contributed by atoms with Crippen LogP contribution >= 0.6 is 0 Å². The molecule has 7 heteroatoms. The number of halogens is 3. The largest absolute Gasteiger partial charge is 0.476 e. The molecule has 136 valence electrons. The van der Waals surface area contributed by atoms with Crippen molar-refractivity contribution in [3.05, 3.63) is 11.8 Å². The van der Waals surface area contributed by atoms with Gasteiger partial charge in [-0.1, -0.05) is 6.92 Å².